The van der Waals surface area contributed by atoms with E-state index in [4.69, 9.17) is 9.47 Å². The quantitative estimate of drug-likeness (QED) is 0.832. The first kappa shape index (κ1) is 16.5. The van der Waals surface area contributed by atoms with Gasteiger partial charge in [-0.15, -0.1) is 0 Å². The number of ether oxygens (including phenoxy) is 2. The molecule has 0 aliphatic heterocycles. The van der Waals surface area contributed by atoms with Gasteiger partial charge in [0.25, 0.3) is 0 Å². The predicted octanol–water partition coefficient (Wildman–Crippen LogP) is 3.62. The summed E-state index contributed by atoms with van der Waals surface area (Å²) in [7, 11) is 1.81. The molecule has 1 fully saturated rings. The predicted molar refractivity (Wildman–Crippen MR) is 86.6 cm³/mol. The smallest absolute Gasteiger partial charge is 0.0953 e. The van der Waals surface area contributed by atoms with E-state index in [9.17, 15) is 0 Å². The van der Waals surface area contributed by atoms with Gasteiger partial charge < -0.3 is 14.8 Å². The Morgan fingerprint density at radius 3 is 2.81 bits per heavy atom. The fourth-order valence-corrected chi connectivity index (χ4v) is 3.06. The molecule has 1 aliphatic rings. The number of rotatable bonds is 7. The minimum absolute atomic E-state index is 0.130. The van der Waals surface area contributed by atoms with Crippen molar-refractivity contribution in [2.75, 3.05) is 20.2 Å². The van der Waals surface area contributed by atoms with Crippen LogP contribution in [0.3, 0.4) is 0 Å². The lowest BCUT2D eigenvalue weighted by Gasteiger charge is -2.32. The van der Waals surface area contributed by atoms with Crippen LogP contribution in [0.15, 0.2) is 24.3 Å². The van der Waals surface area contributed by atoms with Crippen LogP contribution in [0.5, 0.6) is 0 Å². The number of likely N-dealkylation sites (N-methyl/N-ethyl adjacent to an activating group) is 1. The number of methoxy groups -OCH3 is 1. The largest absolute Gasteiger partial charge is 0.381 e. The third kappa shape index (κ3) is 5.10. The minimum Gasteiger partial charge on any atom is -0.381 e. The molecule has 3 nitrogen and oxygen atoms in total. The summed E-state index contributed by atoms with van der Waals surface area (Å²) in [4.78, 5) is 0. The number of aryl methyl sites for hydroxylation is 1. The first-order chi connectivity index (χ1) is 10.2. The molecule has 118 valence electrons. The lowest BCUT2D eigenvalue weighted by molar-refractivity contribution is -0.0655. The summed E-state index contributed by atoms with van der Waals surface area (Å²) in [6.07, 6.45) is 5.34. The van der Waals surface area contributed by atoms with Crippen LogP contribution < -0.4 is 5.32 Å². The zero-order valence-corrected chi connectivity index (χ0v) is 13.6. The Bertz CT molecular complexity index is 421. The normalized spacial score (nSPS) is 24.0. The second-order valence-corrected chi connectivity index (χ2v) is 5.99. The molecule has 3 unspecified atom stereocenters. The monoisotopic (exact) mass is 291 g/mol. The van der Waals surface area contributed by atoms with Crippen LogP contribution in [0.1, 0.15) is 49.8 Å². The van der Waals surface area contributed by atoms with Crippen LogP contribution in [-0.4, -0.2) is 32.4 Å². The van der Waals surface area contributed by atoms with Crippen molar-refractivity contribution in [3.8, 4) is 0 Å². The lowest BCUT2D eigenvalue weighted by Crippen LogP contribution is -2.32. The van der Waals surface area contributed by atoms with Gasteiger partial charge in [-0.1, -0.05) is 36.8 Å². The molecule has 0 radical (unpaired) electrons. The van der Waals surface area contributed by atoms with Gasteiger partial charge in [0.1, 0.15) is 0 Å². The minimum atomic E-state index is 0.130. The first-order valence-corrected chi connectivity index (χ1v) is 8.18. The maximum atomic E-state index is 6.42. The van der Waals surface area contributed by atoms with Crippen molar-refractivity contribution in [1.29, 1.82) is 0 Å². The van der Waals surface area contributed by atoms with Crippen LogP contribution in [0.4, 0.5) is 0 Å². The highest BCUT2D eigenvalue weighted by molar-refractivity contribution is 5.24. The van der Waals surface area contributed by atoms with Crippen LogP contribution in [-0.2, 0) is 9.47 Å². The molecule has 3 heteroatoms. The SMILES string of the molecule is CCNCC(OC1CCCC(OC)C1)c1cccc(C)c1. The van der Waals surface area contributed by atoms with E-state index in [1.54, 1.807) is 0 Å². The number of hydrogen-bond acceptors (Lipinski definition) is 3. The highest BCUT2D eigenvalue weighted by atomic mass is 16.5. The van der Waals surface area contributed by atoms with E-state index >= 15 is 0 Å². The molecule has 0 amide bonds. The molecule has 3 atom stereocenters. The van der Waals surface area contributed by atoms with Gasteiger partial charge >= 0.3 is 0 Å². The standard InChI is InChI=1S/C18H29NO2/c1-4-19-13-18(15-8-5-7-14(2)11-15)21-17-10-6-9-16(12-17)20-3/h5,7-8,11,16-19H,4,6,9-10,12-13H2,1-3H3. The van der Waals surface area contributed by atoms with Crippen LogP contribution in [0, 0.1) is 6.92 Å². The number of hydrogen-bond donors (Lipinski definition) is 1. The molecule has 21 heavy (non-hydrogen) atoms. The van der Waals surface area contributed by atoms with Crippen molar-refractivity contribution in [2.24, 2.45) is 0 Å². The van der Waals surface area contributed by atoms with Gasteiger partial charge in [0.05, 0.1) is 18.3 Å². The van der Waals surface area contributed by atoms with E-state index in [0.717, 1.165) is 25.9 Å². The molecule has 1 aromatic rings. The number of benzene rings is 1. The van der Waals surface area contributed by atoms with Crippen LogP contribution in [0.2, 0.25) is 0 Å². The summed E-state index contributed by atoms with van der Waals surface area (Å²) in [5.41, 5.74) is 2.56. The van der Waals surface area contributed by atoms with Crippen molar-refractivity contribution < 1.29 is 9.47 Å². The molecule has 1 aliphatic carbocycles. The van der Waals surface area contributed by atoms with E-state index in [2.05, 4.69) is 43.4 Å². The van der Waals surface area contributed by atoms with Gasteiger partial charge in [-0.05, 0) is 44.7 Å². The molecule has 0 spiro atoms. The van der Waals surface area contributed by atoms with Gasteiger partial charge in [-0.2, -0.15) is 0 Å². The molecule has 1 aromatic carbocycles. The maximum Gasteiger partial charge on any atom is 0.0953 e. The van der Waals surface area contributed by atoms with Crippen molar-refractivity contribution in [3.63, 3.8) is 0 Å². The lowest BCUT2D eigenvalue weighted by atomic mass is 9.94. The molecule has 1 N–H and O–H groups in total. The van der Waals surface area contributed by atoms with E-state index in [-0.39, 0.29) is 6.10 Å². The summed E-state index contributed by atoms with van der Waals surface area (Å²) in [6, 6.07) is 8.66. The average molecular weight is 291 g/mol. The highest BCUT2D eigenvalue weighted by Gasteiger charge is 2.25. The zero-order valence-electron chi connectivity index (χ0n) is 13.6. The van der Waals surface area contributed by atoms with Crippen molar-refractivity contribution in [2.45, 2.75) is 57.8 Å². The molecule has 0 bridgehead atoms. The van der Waals surface area contributed by atoms with Gasteiger partial charge in [0.15, 0.2) is 0 Å². The third-order valence-corrected chi connectivity index (χ3v) is 4.26. The molecule has 0 heterocycles. The Labute approximate surface area is 129 Å². The molecule has 0 aromatic heterocycles. The zero-order chi connectivity index (χ0) is 15.1. The third-order valence-electron chi connectivity index (χ3n) is 4.26. The van der Waals surface area contributed by atoms with E-state index in [1.165, 1.54) is 24.0 Å². The van der Waals surface area contributed by atoms with Crippen molar-refractivity contribution in [1.82, 2.24) is 5.32 Å². The molecule has 0 saturated heterocycles. The highest BCUT2D eigenvalue weighted by Crippen LogP contribution is 2.28. The molecule has 1 saturated carbocycles. The van der Waals surface area contributed by atoms with Gasteiger partial charge in [0.2, 0.25) is 0 Å². The molecular formula is C18H29NO2. The maximum absolute atomic E-state index is 6.42. The Balaban J connectivity index is 2.02. The fourth-order valence-electron chi connectivity index (χ4n) is 3.06. The fraction of sp³-hybridized carbons (Fsp3) is 0.667. The Hall–Kier alpha value is -0.900. The first-order valence-electron chi connectivity index (χ1n) is 8.18. The summed E-state index contributed by atoms with van der Waals surface area (Å²) in [5, 5.41) is 3.42. The summed E-state index contributed by atoms with van der Waals surface area (Å²) in [5.74, 6) is 0. The average Bonchev–Trinajstić information content (AvgIpc) is 2.51. The second kappa shape index (κ2) is 8.52. The van der Waals surface area contributed by atoms with Crippen LogP contribution >= 0.6 is 0 Å². The van der Waals surface area contributed by atoms with E-state index in [1.807, 2.05) is 7.11 Å². The topological polar surface area (TPSA) is 30.5 Å². The Morgan fingerprint density at radius 1 is 1.29 bits per heavy atom. The number of nitrogens with one attached hydrogen (secondary N) is 1. The van der Waals surface area contributed by atoms with Gasteiger partial charge in [0, 0.05) is 13.7 Å². The van der Waals surface area contributed by atoms with Crippen molar-refractivity contribution in [3.05, 3.63) is 35.4 Å². The van der Waals surface area contributed by atoms with Crippen LogP contribution in [0.25, 0.3) is 0 Å². The molecule has 2 rings (SSSR count). The summed E-state index contributed by atoms with van der Waals surface area (Å²) in [6.45, 7) is 6.11. The Kier molecular flexibility index (Phi) is 6.68. The van der Waals surface area contributed by atoms with E-state index in [0.29, 0.717) is 12.2 Å². The van der Waals surface area contributed by atoms with Gasteiger partial charge in [-0.3, -0.25) is 0 Å². The van der Waals surface area contributed by atoms with Gasteiger partial charge in [-0.25, -0.2) is 0 Å². The second-order valence-electron chi connectivity index (χ2n) is 5.99. The van der Waals surface area contributed by atoms with E-state index < -0.39 is 0 Å². The molecular weight excluding hydrogens is 262 g/mol. The Morgan fingerprint density at radius 2 is 2.10 bits per heavy atom. The summed E-state index contributed by atoms with van der Waals surface area (Å²) >= 11 is 0. The van der Waals surface area contributed by atoms with Crippen molar-refractivity contribution >= 4 is 0 Å². The summed E-state index contributed by atoms with van der Waals surface area (Å²) < 4.78 is 11.9.